The molecule has 0 aromatic heterocycles. The molecule has 0 bridgehead atoms. The number of fused-ring (bicyclic) bond motifs is 5. The molecular weight excluding hydrogens is 420 g/mol. The summed E-state index contributed by atoms with van der Waals surface area (Å²) >= 11 is 0. The van der Waals surface area contributed by atoms with Crippen LogP contribution in [0.2, 0.25) is 0 Å². The topological polar surface area (TPSA) is 0 Å². The number of aryl methyl sites for hydroxylation is 1. The van der Waals surface area contributed by atoms with E-state index in [-0.39, 0.29) is 35.8 Å². The highest BCUT2D eigenvalue weighted by molar-refractivity contribution is 6.22. The highest BCUT2D eigenvalue weighted by Crippen LogP contribution is 2.44. The number of hydrogen-bond acceptors (Lipinski definition) is 0. The second kappa shape index (κ2) is 7.82. The third-order valence-corrected chi connectivity index (χ3v) is 7.04. The maximum Gasteiger partial charge on any atom is 0.0629 e. The summed E-state index contributed by atoms with van der Waals surface area (Å²) in [6.07, 6.45) is 0. The van der Waals surface area contributed by atoms with Gasteiger partial charge in [0.15, 0.2) is 0 Å². The molecule has 0 heteroatoms. The van der Waals surface area contributed by atoms with E-state index in [1.54, 1.807) is 0 Å². The van der Waals surface area contributed by atoms with Crippen molar-refractivity contribution < 1.29 is 6.85 Å². The minimum atomic E-state index is -0.386. The maximum atomic E-state index is 8.74. The van der Waals surface area contributed by atoms with E-state index in [0.29, 0.717) is 5.56 Å². The smallest absolute Gasteiger partial charge is 0.0622 e. The second-order valence-corrected chi connectivity index (χ2v) is 9.02. The fourth-order valence-corrected chi connectivity index (χ4v) is 5.54. The van der Waals surface area contributed by atoms with Gasteiger partial charge in [-0.15, -0.1) is 0 Å². The third-order valence-electron chi connectivity index (χ3n) is 7.04. The Morgan fingerprint density at radius 3 is 1.57 bits per heavy atom. The van der Waals surface area contributed by atoms with Crippen molar-refractivity contribution in [2.45, 2.75) is 6.92 Å². The van der Waals surface area contributed by atoms with Gasteiger partial charge in [0.05, 0.1) is 6.85 Å². The Balaban J connectivity index is 1.62. The van der Waals surface area contributed by atoms with Crippen LogP contribution in [0.3, 0.4) is 0 Å². The van der Waals surface area contributed by atoms with Crippen molar-refractivity contribution in [2.75, 3.05) is 0 Å². The number of rotatable bonds is 2. The van der Waals surface area contributed by atoms with Crippen LogP contribution in [0.25, 0.3) is 65.3 Å². The lowest BCUT2D eigenvalue weighted by Gasteiger charge is -2.18. The quantitative estimate of drug-likeness (QED) is 0.182. The summed E-state index contributed by atoms with van der Waals surface area (Å²) < 4.78 is 42.2. The molecule has 0 spiro atoms. The van der Waals surface area contributed by atoms with Crippen molar-refractivity contribution in [3.8, 4) is 22.3 Å². The third kappa shape index (κ3) is 3.07. The normalized spacial score (nSPS) is 13.6. The largest absolute Gasteiger partial charge is 0.0629 e. The summed E-state index contributed by atoms with van der Waals surface area (Å²) in [5.74, 6) is 0. The molecule has 164 valence electrons. The molecule has 0 amide bonds. The molecule has 0 nitrogen and oxygen atoms in total. The fourth-order valence-electron chi connectivity index (χ4n) is 5.54. The molecular formula is C35H24. The average molecular weight is 450 g/mol. The molecule has 7 rings (SSSR count). The Kier molecular flexibility index (Phi) is 3.46. The van der Waals surface area contributed by atoms with Gasteiger partial charge in [-0.05, 0) is 83.9 Å². The zero-order valence-electron chi connectivity index (χ0n) is 24.2. The van der Waals surface area contributed by atoms with Gasteiger partial charge in [-0.25, -0.2) is 0 Å². The average Bonchev–Trinajstić information content (AvgIpc) is 2.98. The predicted molar refractivity (Wildman–Crippen MR) is 152 cm³/mol. The van der Waals surface area contributed by atoms with Gasteiger partial charge < -0.3 is 0 Å². The lowest BCUT2D eigenvalue weighted by Crippen LogP contribution is -1.91. The monoisotopic (exact) mass is 449 g/mol. The molecule has 0 saturated carbocycles. The van der Waals surface area contributed by atoms with E-state index in [1.165, 1.54) is 21.7 Å². The zero-order valence-corrected chi connectivity index (χ0v) is 19.2. The molecule has 0 N–H and O–H groups in total. The van der Waals surface area contributed by atoms with Gasteiger partial charge in [-0.1, -0.05) is 121 Å². The van der Waals surface area contributed by atoms with E-state index >= 15 is 0 Å². The minimum Gasteiger partial charge on any atom is -0.0622 e. The van der Waals surface area contributed by atoms with Crippen LogP contribution >= 0.6 is 0 Å². The molecule has 7 aromatic rings. The van der Waals surface area contributed by atoms with Crippen LogP contribution in [-0.2, 0) is 0 Å². The predicted octanol–water partition coefficient (Wildman–Crippen LogP) is 9.94. The van der Waals surface area contributed by atoms with E-state index in [4.69, 9.17) is 6.85 Å². The highest BCUT2D eigenvalue weighted by Gasteiger charge is 2.16. The molecule has 7 aromatic carbocycles. The van der Waals surface area contributed by atoms with Crippen LogP contribution in [-0.4, -0.2) is 0 Å². The summed E-state index contributed by atoms with van der Waals surface area (Å²) in [5.41, 5.74) is 4.25. The molecule has 0 heterocycles. The van der Waals surface area contributed by atoms with Crippen LogP contribution in [0.4, 0.5) is 0 Å². The first-order valence-electron chi connectivity index (χ1n) is 14.3. The van der Waals surface area contributed by atoms with E-state index in [2.05, 4.69) is 67.6 Å². The minimum absolute atomic E-state index is 0.192. The molecule has 35 heavy (non-hydrogen) atoms. The molecule has 0 radical (unpaired) electrons. The first-order valence-corrected chi connectivity index (χ1v) is 11.8. The standard InChI is InChI=1S/C35H24/c1-23-21-26-22-25(19-20-28(26)29-14-6-5-13-27(23)29)35-32-17-9-7-15-30(32)34(24-11-3-2-4-12-24)31-16-8-10-18-33(31)35/h2-22H,1H3/i2D,3D,4D,11D,12D. The molecule has 0 fully saturated rings. The van der Waals surface area contributed by atoms with Gasteiger partial charge in [0.1, 0.15) is 0 Å². The van der Waals surface area contributed by atoms with Crippen molar-refractivity contribution in [3.63, 3.8) is 0 Å². The summed E-state index contributed by atoms with van der Waals surface area (Å²) in [6, 6.07) is 31.9. The van der Waals surface area contributed by atoms with Gasteiger partial charge in [0, 0.05) is 0 Å². The SMILES string of the molecule is [2H]c1c([2H])c([2H])c(-c2c3ccccc3c(-c3ccc4c(c3)cc(C)c3ccccc34)c3ccccc23)c([2H])c1[2H]. The molecule has 0 aliphatic heterocycles. The Bertz CT molecular complexity index is 2090. The molecule has 0 saturated heterocycles. The van der Waals surface area contributed by atoms with Crippen molar-refractivity contribution in [1.82, 2.24) is 0 Å². The summed E-state index contributed by atoms with van der Waals surface area (Å²) in [6.45, 7) is 2.15. The van der Waals surface area contributed by atoms with E-state index < -0.39 is 0 Å². The zero-order chi connectivity index (χ0) is 27.7. The van der Waals surface area contributed by atoms with Crippen molar-refractivity contribution in [3.05, 3.63) is 133 Å². The Morgan fingerprint density at radius 1 is 0.457 bits per heavy atom. The number of benzene rings is 7. The first kappa shape index (κ1) is 15.5. The van der Waals surface area contributed by atoms with Crippen molar-refractivity contribution >= 4 is 43.1 Å². The highest BCUT2D eigenvalue weighted by atomic mass is 14.2. The Morgan fingerprint density at radius 2 is 0.971 bits per heavy atom. The van der Waals surface area contributed by atoms with Gasteiger partial charge in [0.2, 0.25) is 0 Å². The maximum absolute atomic E-state index is 8.74. The molecule has 0 aliphatic rings. The van der Waals surface area contributed by atoms with Gasteiger partial charge >= 0.3 is 0 Å². The molecule has 0 unspecified atom stereocenters. The van der Waals surface area contributed by atoms with Crippen LogP contribution < -0.4 is 0 Å². The summed E-state index contributed by atoms with van der Waals surface area (Å²) in [5, 5.41) is 8.50. The molecule has 0 atom stereocenters. The summed E-state index contributed by atoms with van der Waals surface area (Å²) in [4.78, 5) is 0. The molecule has 0 aliphatic carbocycles. The van der Waals surface area contributed by atoms with Crippen molar-refractivity contribution in [1.29, 1.82) is 0 Å². The van der Waals surface area contributed by atoms with Crippen LogP contribution in [0.1, 0.15) is 12.4 Å². The van der Waals surface area contributed by atoms with Gasteiger partial charge in [-0.3, -0.25) is 0 Å². The van der Waals surface area contributed by atoms with Gasteiger partial charge in [0.25, 0.3) is 0 Å². The Hall–Kier alpha value is -4.42. The van der Waals surface area contributed by atoms with E-state index in [0.717, 1.165) is 38.1 Å². The fraction of sp³-hybridized carbons (Fsp3) is 0.0286. The van der Waals surface area contributed by atoms with Crippen LogP contribution in [0.15, 0.2) is 127 Å². The van der Waals surface area contributed by atoms with Gasteiger partial charge in [-0.2, -0.15) is 0 Å². The van der Waals surface area contributed by atoms with E-state index in [1.807, 2.05) is 36.4 Å². The van der Waals surface area contributed by atoms with Crippen LogP contribution in [0, 0.1) is 6.92 Å². The lowest BCUT2D eigenvalue weighted by atomic mass is 9.85. The summed E-state index contributed by atoms with van der Waals surface area (Å²) in [7, 11) is 0. The van der Waals surface area contributed by atoms with Crippen molar-refractivity contribution in [2.24, 2.45) is 0 Å². The lowest BCUT2D eigenvalue weighted by molar-refractivity contribution is 1.55. The van der Waals surface area contributed by atoms with E-state index in [9.17, 15) is 0 Å². The van der Waals surface area contributed by atoms with Crippen LogP contribution in [0.5, 0.6) is 0 Å². The second-order valence-electron chi connectivity index (χ2n) is 9.02. The Labute approximate surface area is 212 Å². The number of hydrogen-bond donors (Lipinski definition) is 0. The first-order chi connectivity index (χ1) is 19.4.